The molecule has 12 heavy (non-hydrogen) atoms. The van der Waals surface area contributed by atoms with Crippen LogP contribution in [0.4, 0.5) is 0 Å². The van der Waals surface area contributed by atoms with E-state index in [4.69, 9.17) is 4.74 Å². The maximum absolute atomic E-state index is 11.2. The Balaban J connectivity index is 4.10. The molecule has 0 spiro atoms. The van der Waals surface area contributed by atoms with Crippen molar-refractivity contribution in [3.63, 3.8) is 0 Å². The van der Waals surface area contributed by atoms with Gasteiger partial charge in [-0.1, -0.05) is 15.9 Å². The quantitative estimate of drug-likeness (QED) is 0.423. The summed E-state index contributed by atoms with van der Waals surface area (Å²) < 4.78 is 4.69. The molecule has 3 nitrogen and oxygen atoms in total. The maximum Gasteiger partial charge on any atom is 0.316 e. The van der Waals surface area contributed by atoms with E-state index in [1.54, 1.807) is 20.8 Å². The summed E-state index contributed by atoms with van der Waals surface area (Å²) in [6.07, 6.45) is 0. The third-order valence-corrected chi connectivity index (χ3v) is 1.91. The van der Waals surface area contributed by atoms with E-state index in [9.17, 15) is 9.59 Å². The van der Waals surface area contributed by atoms with Gasteiger partial charge >= 0.3 is 5.97 Å². The molecule has 0 aliphatic carbocycles. The molecule has 0 aromatic heterocycles. The molecule has 0 rings (SSSR count). The summed E-state index contributed by atoms with van der Waals surface area (Å²) in [7, 11) is 0. The number of esters is 1. The Morgan fingerprint density at radius 3 is 2.25 bits per heavy atom. The molecule has 0 aliphatic heterocycles. The second kappa shape index (κ2) is 5.30. The summed E-state index contributed by atoms with van der Waals surface area (Å²) in [5.41, 5.74) is 0. The Hall–Kier alpha value is -0.380. The predicted molar refractivity (Wildman–Crippen MR) is 49.2 cm³/mol. The average molecular weight is 237 g/mol. The van der Waals surface area contributed by atoms with Gasteiger partial charge < -0.3 is 4.74 Å². The summed E-state index contributed by atoms with van der Waals surface area (Å²) >= 11 is 3.10. The number of alkyl halides is 1. The Morgan fingerprint density at radius 1 is 1.42 bits per heavy atom. The normalized spacial score (nSPS) is 15.0. The molecule has 70 valence electrons. The van der Waals surface area contributed by atoms with E-state index in [2.05, 4.69) is 15.9 Å². The number of ketones is 1. The first kappa shape index (κ1) is 11.6. The van der Waals surface area contributed by atoms with Crippen LogP contribution < -0.4 is 0 Å². The SMILES string of the molecule is CCOC(=O)[C@H](C)C(=O)[C@H](C)Br. The molecule has 0 N–H and O–H groups in total. The van der Waals surface area contributed by atoms with Crippen LogP contribution in [0.25, 0.3) is 0 Å². The van der Waals surface area contributed by atoms with E-state index < -0.39 is 11.9 Å². The first-order valence-corrected chi connectivity index (χ1v) is 4.76. The monoisotopic (exact) mass is 236 g/mol. The van der Waals surface area contributed by atoms with Crippen molar-refractivity contribution in [3.8, 4) is 0 Å². The van der Waals surface area contributed by atoms with Crippen molar-refractivity contribution in [1.29, 1.82) is 0 Å². The zero-order valence-electron chi connectivity index (χ0n) is 7.46. The van der Waals surface area contributed by atoms with Gasteiger partial charge in [-0.15, -0.1) is 0 Å². The van der Waals surface area contributed by atoms with Crippen molar-refractivity contribution in [1.82, 2.24) is 0 Å². The smallest absolute Gasteiger partial charge is 0.316 e. The minimum Gasteiger partial charge on any atom is -0.465 e. The zero-order valence-corrected chi connectivity index (χ0v) is 9.05. The lowest BCUT2D eigenvalue weighted by atomic mass is 10.1. The lowest BCUT2D eigenvalue weighted by Gasteiger charge is -2.10. The molecule has 2 atom stereocenters. The lowest BCUT2D eigenvalue weighted by molar-refractivity contribution is -0.150. The second-order valence-electron chi connectivity index (χ2n) is 2.49. The van der Waals surface area contributed by atoms with Crippen LogP contribution >= 0.6 is 15.9 Å². The van der Waals surface area contributed by atoms with Gasteiger partial charge in [0.2, 0.25) is 0 Å². The Kier molecular flexibility index (Phi) is 5.13. The van der Waals surface area contributed by atoms with Crippen molar-refractivity contribution in [2.75, 3.05) is 6.61 Å². The molecule has 0 bridgehead atoms. The van der Waals surface area contributed by atoms with Crippen molar-refractivity contribution in [2.45, 2.75) is 25.6 Å². The molecule has 0 fully saturated rings. The Labute approximate surface area is 80.6 Å². The van der Waals surface area contributed by atoms with Gasteiger partial charge in [0.15, 0.2) is 5.78 Å². The van der Waals surface area contributed by atoms with E-state index >= 15 is 0 Å². The molecule has 4 heteroatoms. The molecule has 0 heterocycles. The van der Waals surface area contributed by atoms with Crippen molar-refractivity contribution in [2.24, 2.45) is 5.92 Å². The molecule has 0 saturated carbocycles. The maximum atomic E-state index is 11.2. The number of ether oxygens (including phenoxy) is 1. The molecule has 0 amide bonds. The highest BCUT2D eigenvalue weighted by Crippen LogP contribution is 2.09. The average Bonchev–Trinajstić information content (AvgIpc) is 2.02. The molecular formula is C8H13BrO3. The fourth-order valence-corrected chi connectivity index (χ4v) is 1.12. The van der Waals surface area contributed by atoms with E-state index in [1.807, 2.05) is 0 Å². The number of Topliss-reactive ketones (excluding diaryl/α,β-unsaturated/α-hetero) is 1. The van der Waals surface area contributed by atoms with Gasteiger partial charge in [0.25, 0.3) is 0 Å². The zero-order chi connectivity index (χ0) is 9.72. The number of hydrogen-bond acceptors (Lipinski definition) is 3. The van der Waals surface area contributed by atoms with Gasteiger partial charge in [-0.3, -0.25) is 9.59 Å². The second-order valence-corrected chi connectivity index (χ2v) is 3.87. The highest BCUT2D eigenvalue weighted by atomic mass is 79.9. The van der Waals surface area contributed by atoms with E-state index in [0.717, 1.165) is 0 Å². The molecule has 0 aromatic rings. The van der Waals surface area contributed by atoms with Crippen LogP contribution in [-0.4, -0.2) is 23.2 Å². The third kappa shape index (κ3) is 3.34. The lowest BCUT2D eigenvalue weighted by Crippen LogP contribution is -2.27. The van der Waals surface area contributed by atoms with Crippen LogP contribution in [0.3, 0.4) is 0 Å². The number of carbonyl (C=O) groups excluding carboxylic acids is 2. The molecular weight excluding hydrogens is 224 g/mol. The van der Waals surface area contributed by atoms with Gasteiger partial charge in [-0.05, 0) is 20.8 Å². The Bertz CT molecular complexity index is 177. The fourth-order valence-electron chi connectivity index (χ4n) is 0.728. The molecule has 0 saturated heterocycles. The first-order valence-electron chi connectivity index (χ1n) is 3.85. The van der Waals surface area contributed by atoms with E-state index in [-0.39, 0.29) is 10.6 Å². The number of hydrogen-bond donors (Lipinski definition) is 0. The van der Waals surface area contributed by atoms with Crippen LogP contribution in [0, 0.1) is 5.92 Å². The molecule has 0 radical (unpaired) electrons. The van der Waals surface area contributed by atoms with Crippen LogP contribution in [0.5, 0.6) is 0 Å². The van der Waals surface area contributed by atoms with Crippen LogP contribution in [0.2, 0.25) is 0 Å². The largest absolute Gasteiger partial charge is 0.465 e. The molecule has 0 aromatic carbocycles. The number of carbonyl (C=O) groups is 2. The number of halogens is 1. The van der Waals surface area contributed by atoms with Crippen LogP contribution in [-0.2, 0) is 14.3 Å². The van der Waals surface area contributed by atoms with Crippen molar-refractivity contribution in [3.05, 3.63) is 0 Å². The van der Waals surface area contributed by atoms with Crippen molar-refractivity contribution >= 4 is 27.7 Å². The molecule has 0 unspecified atom stereocenters. The minimum atomic E-state index is -0.667. The summed E-state index contributed by atoms with van der Waals surface area (Å²) in [4.78, 5) is 21.9. The Morgan fingerprint density at radius 2 is 1.92 bits per heavy atom. The van der Waals surface area contributed by atoms with E-state index in [0.29, 0.717) is 6.61 Å². The van der Waals surface area contributed by atoms with Gasteiger partial charge in [-0.2, -0.15) is 0 Å². The predicted octanol–water partition coefficient (Wildman–Crippen LogP) is 1.54. The summed E-state index contributed by atoms with van der Waals surface area (Å²) in [6, 6.07) is 0. The third-order valence-electron chi connectivity index (χ3n) is 1.46. The van der Waals surface area contributed by atoms with Crippen LogP contribution in [0.1, 0.15) is 20.8 Å². The van der Waals surface area contributed by atoms with Crippen LogP contribution in [0.15, 0.2) is 0 Å². The highest BCUT2D eigenvalue weighted by molar-refractivity contribution is 9.10. The van der Waals surface area contributed by atoms with Crippen molar-refractivity contribution < 1.29 is 14.3 Å². The minimum absolute atomic E-state index is 0.145. The van der Waals surface area contributed by atoms with Gasteiger partial charge in [0.1, 0.15) is 5.92 Å². The van der Waals surface area contributed by atoms with E-state index in [1.165, 1.54) is 0 Å². The topological polar surface area (TPSA) is 43.4 Å². The summed E-state index contributed by atoms with van der Waals surface area (Å²) in [6.45, 7) is 5.27. The number of rotatable bonds is 4. The van der Waals surface area contributed by atoms with Gasteiger partial charge in [-0.25, -0.2) is 0 Å². The summed E-state index contributed by atoms with van der Waals surface area (Å²) in [5.74, 6) is -1.26. The molecule has 0 aliphatic rings. The van der Waals surface area contributed by atoms with Gasteiger partial charge in [0.05, 0.1) is 11.4 Å². The fraction of sp³-hybridized carbons (Fsp3) is 0.750. The summed E-state index contributed by atoms with van der Waals surface area (Å²) in [5, 5.41) is 0. The standard InChI is InChI=1S/C8H13BrO3/c1-4-12-8(11)5(2)7(10)6(3)9/h5-6H,4H2,1-3H3/t5-,6+/m1/s1. The van der Waals surface area contributed by atoms with Gasteiger partial charge in [0, 0.05) is 0 Å². The first-order chi connectivity index (χ1) is 5.50. The highest BCUT2D eigenvalue weighted by Gasteiger charge is 2.25.